The zero-order valence-electron chi connectivity index (χ0n) is 11.9. The Kier molecular flexibility index (Phi) is 3.25. The quantitative estimate of drug-likeness (QED) is 0.617. The second kappa shape index (κ2) is 5.40. The van der Waals surface area contributed by atoms with Gasteiger partial charge in [0, 0.05) is 17.5 Å². The molecule has 108 valence electrons. The van der Waals surface area contributed by atoms with E-state index in [1.165, 1.54) is 5.56 Å². The van der Waals surface area contributed by atoms with Crippen molar-refractivity contribution in [2.45, 2.75) is 6.54 Å². The number of hydrogen-bond donors (Lipinski definition) is 1. The molecule has 0 aliphatic carbocycles. The standard InChI is InChI=1S/C18H15N3S/c19-11-15-17(14-9-5-2-6-10-14)20-18-21(15)16(12-22-18)13-7-3-1-4-8-13/h1-10,12H,11,19H2. The summed E-state index contributed by atoms with van der Waals surface area (Å²) in [5.74, 6) is 0. The Morgan fingerprint density at radius 2 is 1.55 bits per heavy atom. The third-order valence-corrected chi connectivity index (χ3v) is 4.59. The lowest BCUT2D eigenvalue weighted by Gasteiger charge is -2.05. The van der Waals surface area contributed by atoms with Crippen molar-refractivity contribution in [2.24, 2.45) is 5.73 Å². The molecule has 3 nitrogen and oxygen atoms in total. The fourth-order valence-electron chi connectivity index (χ4n) is 2.74. The molecule has 4 heteroatoms. The zero-order valence-corrected chi connectivity index (χ0v) is 12.8. The SMILES string of the molecule is NCc1c(-c2ccccc2)nc2scc(-c3ccccc3)n12. The van der Waals surface area contributed by atoms with Crippen LogP contribution in [-0.2, 0) is 6.54 Å². The lowest BCUT2D eigenvalue weighted by Crippen LogP contribution is -2.03. The molecule has 0 unspecified atom stereocenters. The molecule has 0 aliphatic rings. The Hall–Kier alpha value is -2.43. The van der Waals surface area contributed by atoms with Gasteiger partial charge in [0.1, 0.15) is 0 Å². The average Bonchev–Trinajstić information content (AvgIpc) is 3.15. The van der Waals surface area contributed by atoms with Gasteiger partial charge in [-0.15, -0.1) is 11.3 Å². The molecular weight excluding hydrogens is 290 g/mol. The molecule has 0 saturated heterocycles. The third-order valence-electron chi connectivity index (χ3n) is 3.77. The van der Waals surface area contributed by atoms with Gasteiger partial charge in [0.15, 0.2) is 4.96 Å². The summed E-state index contributed by atoms with van der Waals surface area (Å²) in [6.45, 7) is 0.460. The highest BCUT2D eigenvalue weighted by atomic mass is 32.1. The summed E-state index contributed by atoms with van der Waals surface area (Å²) in [5, 5.41) is 2.14. The summed E-state index contributed by atoms with van der Waals surface area (Å²) in [6.07, 6.45) is 0. The van der Waals surface area contributed by atoms with Crippen LogP contribution in [0, 0.1) is 0 Å². The maximum Gasteiger partial charge on any atom is 0.195 e. The Balaban J connectivity index is 1.98. The molecule has 2 aromatic carbocycles. The average molecular weight is 305 g/mol. The molecule has 4 aromatic rings. The van der Waals surface area contributed by atoms with Crippen molar-refractivity contribution in [1.29, 1.82) is 0 Å². The van der Waals surface area contributed by atoms with Gasteiger partial charge in [-0.2, -0.15) is 0 Å². The molecule has 0 fully saturated rings. The molecule has 0 aliphatic heterocycles. The Labute approximate surface area is 132 Å². The molecule has 22 heavy (non-hydrogen) atoms. The molecule has 2 heterocycles. The van der Waals surface area contributed by atoms with E-state index in [0.717, 1.165) is 27.6 Å². The highest BCUT2D eigenvalue weighted by molar-refractivity contribution is 7.15. The molecule has 0 bridgehead atoms. The maximum atomic E-state index is 6.05. The van der Waals surface area contributed by atoms with Gasteiger partial charge in [0.25, 0.3) is 0 Å². The molecule has 4 rings (SSSR count). The molecule has 0 spiro atoms. The van der Waals surface area contributed by atoms with E-state index < -0.39 is 0 Å². The minimum atomic E-state index is 0.460. The predicted octanol–water partition coefficient (Wildman–Crippen LogP) is 4.19. The van der Waals surface area contributed by atoms with E-state index in [1.807, 2.05) is 24.3 Å². The van der Waals surface area contributed by atoms with Crippen LogP contribution in [0.5, 0.6) is 0 Å². The third kappa shape index (κ3) is 2.04. The molecule has 2 N–H and O–H groups in total. The van der Waals surface area contributed by atoms with E-state index in [4.69, 9.17) is 10.7 Å². The van der Waals surface area contributed by atoms with E-state index in [-0.39, 0.29) is 0 Å². The van der Waals surface area contributed by atoms with Crippen molar-refractivity contribution in [2.75, 3.05) is 0 Å². The first-order chi connectivity index (χ1) is 10.9. The second-order valence-electron chi connectivity index (χ2n) is 5.08. The number of thiazole rings is 1. The van der Waals surface area contributed by atoms with Crippen LogP contribution in [0.1, 0.15) is 5.69 Å². The smallest absolute Gasteiger partial charge is 0.195 e. The number of nitrogens with zero attached hydrogens (tertiary/aromatic N) is 2. The minimum Gasteiger partial charge on any atom is -0.325 e. The van der Waals surface area contributed by atoms with Crippen LogP contribution >= 0.6 is 11.3 Å². The van der Waals surface area contributed by atoms with E-state index >= 15 is 0 Å². The highest BCUT2D eigenvalue weighted by Gasteiger charge is 2.17. The highest BCUT2D eigenvalue weighted by Crippen LogP contribution is 2.32. The summed E-state index contributed by atoms with van der Waals surface area (Å²) in [5.41, 5.74) is 11.5. The van der Waals surface area contributed by atoms with Gasteiger partial charge in [-0.25, -0.2) is 4.98 Å². The van der Waals surface area contributed by atoms with E-state index in [1.54, 1.807) is 11.3 Å². The van der Waals surface area contributed by atoms with Crippen LogP contribution in [0.15, 0.2) is 66.0 Å². The number of hydrogen-bond acceptors (Lipinski definition) is 3. The summed E-state index contributed by atoms with van der Waals surface area (Å²) in [4.78, 5) is 5.79. The number of nitrogens with two attached hydrogens (primary N) is 1. The monoisotopic (exact) mass is 305 g/mol. The van der Waals surface area contributed by atoms with Gasteiger partial charge >= 0.3 is 0 Å². The van der Waals surface area contributed by atoms with Gasteiger partial charge < -0.3 is 5.73 Å². The molecule has 2 aromatic heterocycles. The topological polar surface area (TPSA) is 43.3 Å². The molecule has 0 amide bonds. The number of benzene rings is 2. The molecule has 0 saturated carbocycles. The van der Waals surface area contributed by atoms with Crippen LogP contribution in [0.4, 0.5) is 0 Å². The van der Waals surface area contributed by atoms with E-state index in [2.05, 4.69) is 46.2 Å². The number of rotatable bonds is 3. The van der Waals surface area contributed by atoms with E-state index in [0.29, 0.717) is 6.54 Å². The molecule has 0 radical (unpaired) electrons. The van der Waals surface area contributed by atoms with Crippen LogP contribution in [0.3, 0.4) is 0 Å². The molecular formula is C18H15N3S. The van der Waals surface area contributed by atoms with Crippen LogP contribution in [-0.4, -0.2) is 9.38 Å². The number of imidazole rings is 1. The second-order valence-corrected chi connectivity index (χ2v) is 5.92. The first-order valence-corrected chi connectivity index (χ1v) is 8.06. The van der Waals surface area contributed by atoms with Gasteiger partial charge in [-0.3, -0.25) is 4.40 Å². The summed E-state index contributed by atoms with van der Waals surface area (Å²) in [6, 6.07) is 20.6. The summed E-state index contributed by atoms with van der Waals surface area (Å²) >= 11 is 1.65. The van der Waals surface area contributed by atoms with Crippen molar-refractivity contribution in [1.82, 2.24) is 9.38 Å². The maximum absolute atomic E-state index is 6.05. The normalized spacial score (nSPS) is 11.1. The zero-order chi connectivity index (χ0) is 14.9. The first-order valence-electron chi connectivity index (χ1n) is 7.18. The van der Waals surface area contributed by atoms with Gasteiger partial charge in [-0.1, -0.05) is 60.7 Å². The Morgan fingerprint density at radius 3 is 2.18 bits per heavy atom. The van der Waals surface area contributed by atoms with Gasteiger partial charge in [-0.05, 0) is 5.56 Å². The Bertz CT molecular complexity index is 908. The van der Waals surface area contributed by atoms with Crippen LogP contribution < -0.4 is 5.73 Å². The largest absolute Gasteiger partial charge is 0.325 e. The summed E-state index contributed by atoms with van der Waals surface area (Å²) in [7, 11) is 0. The van der Waals surface area contributed by atoms with Crippen LogP contribution in [0.25, 0.3) is 27.5 Å². The number of aromatic nitrogens is 2. The minimum absolute atomic E-state index is 0.460. The van der Waals surface area contributed by atoms with Crippen molar-refractivity contribution < 1.29 is 0 Å². The number of fused-ring (bicyclic) bond motifs is 1. The van der Waals surface area contributed by atoms with Crippen molar-refractivity contribution >= 4 is 16.3 Å². The summed E-state index contributed by atoms with van der Waals surface area (Å²) < 4.78 is 2.18. The van der Waals surface area contributed by atoms with Gasteiger partial charge in [0.05, 0.1) is 17.1 Å². The molecule has 0 atom stereocenters. The van der Waals surface area contributed by atoms with Crippen LogP contribution in [0.2, 0.25) is 0 Å². The van der Waals surface area contributed by atoms with Gasteiger partial charge in [0.2, 0.25) is 0 Å². The first kappa shape index (κ1) is 13.2. The lowest BCUT2D eigenvalue weighted by atomic mass is 10.1. The fraction of sp³-hybridized carbons (Fsp3) is 0.0556. The fourth-order valence-corrected chi connectivity index (χ4v) is 3.66. The van der Waals surface area contributed by atoms with Crippen molar-refractivity contribution in [3.63, 3.8) is 0 Å². The van der Waals surface area contributed by atoms with Crippen molar-refractivity contribution in [3.05, 3.63) is 71.7 Å². The van der Waals surface area contributed by atoms with Crippen molar-refractivity contribution in [3.8, 4) is 22.5 Å². The lowest BCUT2D eigenvalue weighted by molar-refractivity contribution is 0.973. The van der Waals surface area contributed by atoms with E-state index in [9.17, 15) is 0 Å². The predicted molar refractivity (Wildman–Crippen MR) is 91.8 cm³/mol. The Morgan fingerprint density at radius 1 is 0.909 bits per heavy atom.